The molecule has 30 unspecified atom stereocenters. The monoisotopic (exact) mass is 1310 g/mol. The van der Waals surface area contributed by atoms with E-state index in [-0.39, 0.29) is 19.4 Å². The Morgan fingerprint density at radius 3 is 1.77 bits per heavy atom. The van der Waals surface area contributed by atoms with Crippen LogP contribution in [0.1, 0.15) is 100 Å². The molecule has 5 heterocycles. The molecule has 5 fully saturated rings. The van der Waals surface area contributed by atoms with Gasteiger partial charge in [-0.15, -0.1) is 0 Å². The van der Waals surface area contributed by atoms with Gasteiger partial charge in [-0.2, -0.15) is 0 Å². The fourth-order valence-electron chi connectivity index (χ4n) is 12.1. The van der Waals surface area contributed by atoms with Gasteiger partial charge in [0, 0.05) is 25.7 Å². The van der Waals surface area contributed by atoms with Gasteiger partial charge in [0.15, 0.2) is 25.2 Å². The molecule has 5 saturated heterocycles. The van der Waals surface area contributed by atoms with E-state index in [9.17, 15) is 70.9 Å². The average molecular weight is 1310 g/mol. The van der Waals surface area contributed by atoms with Gasteiger partial charge in [0.25, 0.3) is 0 Å². The molecule has 0 aromatic rings. The van der Waals surface area contributed by atoms with E-state index in [1.165, 1.54) is 0 Å². The summed E-state index contributed by atoms with van der Waals surface area (Å²) >= 11 is 0. The maximum Gasteiger partial charge on any atom is 0.303 e. The molecular formula is C57H107N7O26. The summed E-state index contributed by atoms with van der Waals surface area (Å²) in [4.78, 5) is 29.3. The number of hydrogen-bond donors (Lipinski definition) is 19. The number of aliphatic hydroxyl groups excluding tert-OH is 12. The SMILES string of the molecule is CCCNC1C(CO)OC(OC2C(CO)OC(OC3C(CO)OC(CC4C(CO)OC(OC5C(CO)OC(OC(C(O)CO)C(O)C(N)C=NOC(C)(C)CCOC(C)(CC)CCCC(=O)O)C(N)C5O)C(C)C4C)C(N)C3O)C(NC(C)=O)C2O)C(N)C1O. The van der Waals surface area contributed by atoms with Gasteiger partial charge < -0.3 is 152 Å². The zero-order valence-corrected chi connectivity index (χ0v) is 52.8. The van der Waals surface area contributed by atoms with Crippen molar-refractivity contribution in [1.29, 1.82) is 0 Å². The highest BCUT2D eigenvalue weighted by Gasteiger charge is 2.56. The van der Waals surface area contributed by atoms with Crippen LogP contribution in [-0.4, -0.2) is 308 Å². The topological polar surface area (TPSA) is 539 Å². The van der Waals surface area contributed by atoms with Crippen molar-refractivity contribution in [3.63, 3.8) is 0 Å². The second kappa shape index (κ2) is 35.9. The Morgan fingerprint density at radius 1 is 0.667 bits per heavy atom. The number of rotatable bonds is 35. The third-order valence-corrected chi connectivity index (χ3v) is 18.2. The quantitative estimate of drug-likeness (QED) is 0.0207. The minimum absolute atomic E-state index is 0.0237. The Balaban J connectivity index is 1.20. The number of nitrogens with zero attached hydrogens (tertiary/aromatic N) is 1. The van der Waals surface area contributed by atoms with Gasteiger partial charge in [-0.05, 0) is 71.3 Å². The Bertz CT molecular complexity index is 2150. The molecule has 0 bridgehead atoms. The number of nitrogens with two attached hydrogens (primary N) is 4. The summed E-state index contributed by atoms with van der Waals surface area (Å²) in [7, 11) is 0. The van der Waals surface area contributed by atoms with E-state index in [1.54, 1.807) is 20.8 Å². The van der Waals surface area contributed by atoms with Crippen LogP contribution in [0.4, 0.5) is 0 Å². The molecule has 23 N–H and O–H groups in total. The average Bonchev–Trinajstić information content (AvgIpc) is 1.11. The minimum Gasteiger partial charge on any atom is -0.481 e. The fraction of sp³-hybridized carbons (Fsp3) is 0.947. The number of hydrogen-bond acceptors (Lipinski definition) is 31. The molecule has 0 aromatic heterocycles. The van der Waals surface area contributed by atoms with Crippen LogP contribution in [-0.2, 0) is 61.8 Å². The molecular weight excluding hydrogens is 1200 g/mol. The van der Waals surface area contributed by atoms with Crippen LogP contribution in [0.15, 0.2) is 5.16 Å². The lowest BCUT2D eigenvalue weighted by Crippen LogP contribution is -2.71. The second-order valence-electron chi connectivity index (χ2n) is 25.3. The third kappa shape index (κ3) is 20.0. The van der Waals surface area contributed by atoms with Crippen molar-refractivity contribution in [3.05, 3.63) is 0 Å². The Labute approximate surface area is 524 Å². The Hall–Kier alpha value is -2.67. The minimum atomic E-state index is -1.80. The van der Waals surface area contributed by atoms with E-state index in [4.69, 9.17) is 80.2 Å². The summed E-state index contributed by atoms with van der Waals surface area (Å²) in [6.07, 6.45) is -25.3. The van der Waals surface area contributed by atoms with E-state index in [0.717, 1.165) is 13.1 Å². The van der Waals surface area contributed by atoms with E-state index < -0.39 is 240 Å². The number of carbonyl (C=O) groups is 2. The standard InChI is InChI=1S/C57H107N7O26/c1-9-15-62-41-33(21-67)83-53(39(60)44(41)76)88-51-36(24-70)85-55(42(47(51)79)64-27(5)71)89-49-34(22-68)81-31(38(59)45(49)77)17-28-25(3)26(4)52(82-32(28)20-66)87-50-35(23-69)84-54(40(61)46(50)78)86-48(30(72)19-65)43(75)29(58)18-63-90-56(6,7)14-16-80-57(8,10-2)13-11-12-37(73)74/h18,25-26,28-36,38-55,62,65-70,72,75-79H,9-17,19-24,58-61H2,1-8H3,(H,64,71)(H,73,74). The predicted octanol–water partition coefficient (Wildman–Crippen LogP) is -6.61. The van der Waals surface area contributed by atoms with Crippen molar-refractivity contribution in [2.45, 2.75) is 271 Å². The maximum absolute atomic E-state index is 12.6. The molecule has 0 aromatic carbocycles. The summed E-state index contributed by atoms with van der Waals surface area (Å²) < 4.78 is 61.3. The van der Waals surface area contributed by atoms with Gasteiger partial charge in [-0.1, -0.05) is 32.9 Å². The number of amides is 1. The number of aliphatic carboxylic acids is 1. The molecule has 1 amide bonds. The highest BCUT2D eigenvalue weighted by molar-refractivity contribution is 5.73. The van der Waals surface area contributed by atoms with Gasteiger partial charge in [0.1, 0.15) is 91.0 Å². The van der Waals surface area contributed by atoms with Crippen molar-refractivity contribution in [2.75, 3.05) is 52.8 Å². The number of nitrogens with one attached hydrogen (secondary N) is 2. The molecule has 5 rings (SSSR count). The van der Waals surface area contributed by atoms with Crippen molar-refractivity contribution >= 4 is 18.1 Å². The molecule has 90 heavy (non-hydrogen) atoms. The lowest BCUT2D eigenvalue weighted by Gasteiger charge is -2.51. The number of carboxylic acids is 1. The number of aliphatic hydroxyl groups is 12. The molecule has 0 radical (unpaired) electrons. The van der Waals surface area contributed by atoms with E-state index in [0.29, 0.717) is 38.6 Å². The first-order valence-electron chi connectivity index (χ1n) is 31.2. The molecule has 33 nitrogen and oxygen atoms in total. The fourth-order valence-corrected chi connectivity index (χ4v) is 12.1. The van der Waals surface area contributed by atoms with Crippen LogP contribution in [0.2, 0.25) is 0 Å². The highest BCUT2D eigenvalue weighted by Crippen LogP contribution is 2.42. The number of carboxylic acid groups (broad SMARTS) is 1. The molecule has 5 aliphatic rings. The molecule has 5 aliphatic heterocycles. The van der Waals surface area contributed by atoms with Crippen molar-refractivity contribution in [2.24, 2.45) is 45.8 Å². The molecule has 30 atom stereocenters. The summed E-state index contributed by atoms with van der Waals surface area (Å²) in [6.45, 7) is 10.3. The van der Waals surface area contributed by atoms with Gasteiger partial charge in [0.2, 0.25) is 5.91 Å². The first-order valence-corrected chi connectivity index (χ1v) is 31.2. The van der Waals surface area contributed by atoms with Gasteiger partial charge in [0.05, 0.1) is 107 Å². The predicted molar refractivity (Wildman–Crippen MR) is 314 cm³/mol. The normalized spacial score (nSPS) is 39.9. The molecule has 0 aliphatic carbocycles. The van der Waals surface area contributed by atoms with Crippen LogP contribution >= 0.6 is 0 Å². The zero-order chi connectivity index (χ0) is 67.1. The summed E-state index contributed by atoms with van der Waals surface area (Å²) in [6, 6.07) is -7.60. The van der Waals surface area contributed by atoms with Crippen molar-refractivity contribution < 1.29 is 128 Å². The lowest BCUT2D eigenvalue weighted by molar-refractivity contribution is -0.344. The Morgan fingerprint density at radius 2 is 1.20 bits per heavy atom. The van der Waals surface area contributed by atoms with Crippen molar-refractivity contribution in [1.82, 2.24) is 10.6 Å². The summed E-state index contributed by atoms with van der Waals surface area (Å²) in [5, 5.41) is 150. The van der Waals surface area contributed by atoms with E-state index in [1.807, 2.05) is 27.7 Å². The zero-order valence-electron chi connectivity index (χ0n) is 52.8. The maximum atomic E-state index is 12.6. The summed E-state index contributed by atoms with van der Waals surface area (Å²) in [5.41, 5.74) is 24.3. The number of carbonyl (C=O) groups excluding carboxylic acids is 1. The van der Waals surface area contributed by atoms with Crippen LogP contribution in [0.25, 0.3) is 0 Å². The van der Waals surface area contributed by atoms with E-state index >= 15 is 0 Å². The first-order chi connectivity index (χ1) is 42.5. The van der Waals surface area contributed by atoms with Gasteiger partial charge in [-0.3, -0.25) is 9.59 Å². The van der Waals surface area contributed by atoms with Crippen LogP contribution in [0, 0.1) is 17.8 Å². The van der Waals surface area contributed by atoms with Crippen molar-refractivity contribution in [3.8, 4) is 0 Å². The largest absolute Gasteiger partial charge is 0.481 e. The van der Waals surface area contributed by atoms with Crippen LogP contribution < -0.4 is 33.6 Å². The molecule has 33 heteroatoms. The van der Waals surface area contributed by atoms with Crippen LogP contribution in [0.5, 0.6) is 0 Å². The molecule has 526 valence electrons. The van der Waals surface area contributed by atoms with Gasteiger partial charge in [-0.25, -0.2) is 0 Å². The summed E-state index contributed by atoms with van der Waals surface area (Å²) in [5.74, 6) is -3.09. The number of oxime groups is 1. The second-order valence-corrected chi connectivity index (χ2v) is 25.3. The van der Waals surface area contributed by atoms with Crippen LogP contribution in [0.3, 0.4) is 0 Å². The third-order valence-electron chi connectivity index (χ3n) is 18.2. The van der Waals surface area contributed by atoms with E-state index in [2.05, 4.69) is 15.8 Å². The highest BCUT2D eigenvalue weighted by atomic mass is 16.7. The Kier molecular flexibility index (Phi) is 31.1. The number of ether oxygens (including phenoxy) is 10. The van der Waals surface area contributed by atoms with Gasteiger partial charge >= 0.3 is 5.97 Å². The molecule has 0 spiro atoms. The first kappa shape index (κ1) is 78.0. The molecule has 0 saturated carbocycles. The smallest absolute Gasteiger partial charge is 0.303 e. The lowest BCUT2D eigenvalue weighted by atomic mass is 9.73.